The molecular weight excluding hydrogens is 298 g/mol. The van der Waals surface area contributed by atoms with Gasteiger partial charge in [0.05, 0.1) is 6.04 Å². The first-order valence-corrected chi connectivity index (χ1v) is 9.54. The van der Waals surface area contributed by atoms with Crippen molar-refractivity contribution in [3.05, 3.63) is 65.7 Å². The molecule has 0 bridgehead atoms. The van der Waals surface area contributed by atoms with Crippen LogP contribution in [-0.4, -0.2) is 11.3 Å². The molecule has 1 N–H and O–H groups in total. The van der Waals surface area contributed by atoms with Gasteiger partial charge in [-0.05, 0) is 50.1 Å². The first kappa shape index (κ1) is 18.1. The number of nitrogens with one attached hydrogen (secondary N) is 1. The number of benzene rings is 2. The fourth-order valence-corrected chi connectivity index (χ4v) is 3.78. The Labute approximate surface area is 145 Å². The van der Waals surface area contributed by atoms with Crippen molar-refractivity contribution >= 4 is 11.8 Å². The van der Waals surface area contributed by atoms with E-state index in [1.54, 1.807) is 0 Å². The molecule has 0 aliphatic heterocycles. The van der Waals surface area contributed by atoms with E-state index in [1.807, 2.05) is 11.8 Å². The Balaban J connectivity index is 2.35. The van der Waals surface area contributed by atoms with Gasteiger partial charge in [-0.25, -0.2) is 0 Å². The Morgan fingerprint density at radius 1 is 0.957 bits per heavy atom. The molecule has 124 valence electrons. The zero-order chi connectivity index (χ0) is 16.7. The Kier molecular flexibility index (Phi) is 6.73. The summed E-state index contributed by atoms with van der Waals surface area (Å²) in [5.74, 6) is 1.19. The van der Waals surface area contributed by atoms with Gasteiger partial charge in [-0.1, -0.05) is 61.9 Å². The van der Waals surface area contributed by atoms with Gasteiger partial charge in [-0.2, -0.15) is 0 Å². The molecular formula is C21H29NS. The number of hydrogen-bond acceptors (Lipinski definition) is 2. The number of thioether (sulfide) groups is 1. The molecule has 2 aromatic rings. The summed E-state index contributed by atoms with van der Waals surface area (Å²) < 4.78 is 0. The number of rotatable bonds is 7. The fourth-order valence-electron chi connectivity index (χ4n) is 2.60. The van der Waals surface area contributed by atoms with Gasteiger partial charge in [0.2, 0.25) is 0 Å². The standard InChI is InChI=1S/C21H29NS/c1-5-6-16-23-19-15-11-10-14-18(19)20(22-21(2,3)4)17-12-8-7-9-13-17/h7-15,20,22H,5-6,16H2,1-4H3. The summed E-state index contributed by atoms with van der Waals surface area (Å²) >= 11 is 1.98. The molecule has 0 aliphatic rings. The normalized spacial score (nSPS) is 13.0. The van der Waals surface area contributed by atoms with Crippen molar-refractivity contribution in [2.45, 2.75) is 57.0 Å². The zero-order valence-corrected chi connectivity index (χ0v) is 15.6. The molecule has 0 saturated heterocycles. The molecule has 0 saturated carbocycles. The lowest BCUT2D eigenvalue weighted by Crippen LogP contribution is -2.39. The average Bonchev–Trinajstić information content (AvgIpc) is 2.53. The molecule has 1 nitrogen and oxygen atoms in total. The lowest BCUT2D eigenvalue weighted by molar-refractivity contribution is 0.389. The molecule has 0 heterocycles. The second kappa shape index (κ2) is 8.56. The van der Waals surface area contributed by atoms with E-state index < -0.39 is 0 Å². The molecule has 0 spiro atoms. The van der Waals surface area contributed by atoms with Crippen LogP contribution in [0.25, 0.3) is 0 Å². The highest BCUT2D eigenvalue weighted by Crippen LogP contribution is 2.33. The van der Waals surface area contributed by atoms with E-state index in [2.05, 4.69) is 87.6 Å². The summed E-state index contributed by atoms with van der Waals surface area (Å²) in [6, 6.07) is 19.8. The van der Waals surface area contributed by atoms with Gasteiger partial charge in [0.15, 0.2) is 0 Å². The predicted octanol–water partition coefficient (Wildman–Crippen LogP) is 6.06. The largest absolute Gasteiger partial charge is 0.301 e. The van der Waals surface area contributed by atoms with E-state index in [9.17, 15) is 0 Å². The molecule has 0 amide bonds. The first-order valence-electron chi connectivity index (χ1n) is 8.55. The Morgan fingerprint density at radius 3 is 2.26 bits per heavy atom. The topological polar surface area (TPSA) is 12.0 Å². The van der Waals surface area contributed by atoms with Gasteiger partial charge < -0.3 is 5.32 Å². The third-order valence-corrected chi connectivity index (χ3v) is 4.87. The second-order valence-electron chi connectivity index (χ2n) is 6.98. The van der Waals surface area contributed by atoms with Crippen molar-refractivity contribution in [3.63, 3.8) is 0 Å². The minimum absolute atomic E-state index is 0.0572. The molecule has 2 heteroatoms. The SMILES string of the molecule is CCCCSc1ccccc1C(NC(C)(C)C)c1ccccc1. The van der Waals surface area contributed by atoms with Gasteiger partial charge in [0.1, 0.15) is 0 Å². The van der Waals surface area contributed by atoms with Crippen LogP contribution in [0.15, 0.2) is 59.5 Å². The van der Waals surface area contributed by atoms with E-state index in [0.717, 1.165) is 0 Å². The maximum absolute atomic E-state index is 3.81. The summed E-state index contributed by atoms with van der Waals surface area (Å²) in [4.78, 5) is 1.39. The third-order valence-electron chi connectivity index (χ3n) is 3.70. The highest BCUT2D eigenvalue weighted by Gasteiger charge is 2.22. The van der Waals surface area contributed by atoms with Crippen molar-refractivity contribution in [2.24, 2.45) is 0 Å². The predicted molar refractivity (Wildman–Crippen MR) is 103 cm³/mol. The van der Waals surface area contributed by atoms with Crippen LogP contribution >= 0.6 is 11.8 Å². The van der Waals surface area contributed by atoms with Crippen molar-refractivity contribution in [1.29, 1.82) is 0 Å². The van der Waals surface area contributed by atoms with Crippen molar-refractivity contribution in [2.75, 3.05) is 5.75 Å². The van der Waals surface area contributed by atoms with Gasteiger partial charge in [-0.15, -0.1) is 11.8 Å². The third kappa shape index (κ3) is 5.71. The van der Waals surface area contributed by atoms with Crippen LogP contribution in [0.4, 0.5) is 0 Å². The van der Waals surface area contributed by atoms with E-state index in [1.165, 1.54) is 34.6 Å². The molecule has 23 heavy (non-hydrogen) atoms. The van der Waals surface area contributed by atoms with Crippen LogP contribution in [0, 0.1) is 0 Å². The van der Waals surface area contributed by atoms with Gasteiger partial charge in [-0.3, -0.25) is 0 Å². The lowest BCUT2D eigenvalue weighted by Gasteiger charge is -2.30. The first-order chi connectivity index (χ1) is 11.0. The minimum atomic E-state index is 0.0572. The zero-order valence-electron chi connectivity index (χ0n) is 14.8. The van der Waals surface area contributed by atoms with E-state index >= 15 is 0 Å². The minimum Gasteiger partial charge on any atom is -0.301 e. The highest BCUT2D eigenvalue weighted by molar-refractivity contribution is 7.99. The van der Waals surface area contributed by atoms with Crippen LogP contribution in [0.2, 0.25) is 0 Å². The van der Waals surface area contributed by atoms with E-state index in [0.29, 0.717) is 0 Å². The van der Waals surface area contributed by atoms with Crippen molar-refractivity contribution < 1.29 is 0 Å². The quantitative estimate of drug-likeness (QED) is 0.490. The van der Waals surface area contributed by atoms with Gasteiger partial charge in [0, 0.05) is 10.4 Å². The monoisotopic (exact) mass is 327 g/mol. The lowest BCUT2D eigenvalue weighted by atomic mass is 9.95. The van der Waals surface area contributed by atoms with Crippen molar-refractivity contribution in [3.8, 4) is 0 Å². The maximum Gasteiger partial charge on any atom is 0.0591 e. The molecule has 1 atom stereocenters. The smallest absolute Gasteiger partial charge is 0.0591 e. The summed E-state index contributed by atoms with van der Waals surface area (Å²) in [5, 5.41) is 3.81. The fraction of sp³-hybridized carbons (Fsp3) is 0.429. The molecule has 2 rings (SSSR count). The summed E-state index contributed by atoms with van der Waals surface area (Å²) in [6.45, 7) is 8.95. The summed E-state index contributed by atoms with van der Waals surface area (Å²) in [6.07, 6.45) is 2.51. The second-order valence-corrected chi connectivity index (χ2v) is 8.11. The summed E-state index contributed by atoms with van der Waals surface area (Å²) in [5.41, 5.74) is 2.77. The Morgan fingerprint density at radius 2 is 1.61 bits per heavy atom. The number of unbranched alkanes of at least 4 members (excludes halogenated alkanes) is 1. The Bertz CT molecular complexity index is 586. The molecule has 0 aromatic heterocycles. The van der Waals surface area contributed by atoms with Gasteiger partial charge >= 0.3 is 0 Å². The van der Waals surface area contributed by atoms with Crippen LogP contribution in [0.3, 0.4) is 0 Å². The molecule has 1 unspecified atom stereocenters. The van der Waals surface area contributed by atoms with Crippen LogP contribution < -0.4 is 5.32 Å². The molecule has 2 aromatic carbocycles. The summed E-state index contributed by atoms with van der Waals surface area (Å²) in [7, 11) is 0. The van der Waals surface area contributed by atoms with Gasteiger partial charge in [0.25, 0.3) is 0 Å². The maximum atomic E-state index is 3.81. The molecule has 0 aliphatic carbocycles. The average molecular weight is 328 g/mol. The molecule has 0 radical (unpaired) electrons. The van der Waals surface area contributed by atoms with E-state index in [4.69, 9.17) is 0 Å². The number of hydrogen-bond donors (Lipinski definition) is 1. The van der Waals surface area contributed by atoms with E-state index in [-0.39, 0.29) is 11.6 Å². The Hall–Kier alpha value is -1.25. The van der Waals surface area contributed by atoms with Crippen LogP contribution in [0.5, 0.6) is 0 Å². The van der Waals surface area contributed by atoms with Crippen LogP contribution in [-0.2, 0) is 0 Å². The van der Waals surface area contributed by atoms with Crippen molar-refractivity contribution in [1.82, 2.24) is 5.32 Å². The molecule has 0 fully saturated rings. The highest BCUT2D eigenvalue weighted by atomic mass is 32.2. The van der Waals surface area contributed by atoms with Crippen LogP contribution in [0.1, 0.15) is 57.7 Å².